The Morgan fingerprint density at radius 2 is 1.80 bits per heavy atom. The molecule has 0 aliphatic heterocycles. The maximum atomic E-state index is 8.77. The summed E-state index contributed by atoms with van der Waals surface area (Å²) in [6, 6.07) is 9.39. The molecule has 1 rings (SSSR count). The van der Waals surface area contributed by atoms with Gasteiger partial charge in [0.15, 0.2) is 0 Å². The third-order valence-electron chi connectivity index (χ3n) is 1.93. The number of aliphatic hydroxyl groups is 2. The summed E-state index contributed by atoms with van der Waals surface area (Å²) in [6.07, 6.45) is 0. The summed E-state index contributed by atoms with van der Waals surface area (Å²) in [5.41, 5.74) is 0.962. The van der Waals surface area contributed by atoms with Crippen LogP contribution in [0, 0.1) is 11.8 Å². The Labute approximate surface area is 89.8 Å². The Bertz CT molecular complexity index is 322. The molecule has 0 spiro atoms. The summed E-state index contributed by atoms with van der Waals surface area (Å²) >= 11 is 0. The molecule has 0 aliphatic carbocycles. The Hall–Kier alpha value is -1.34. The molecule has 15 heavy (non-hydrogen) atoms. The summed E-state index contributed by atoms with van der Waals surface area (Å²) < 4.78 is 0. The van der Waals surface area contributed by atoms with E-state index in [1.165, 1.54) is 0 Å². The number of benzene rings is 1. The Balaban J connectivity index is 2.34. The quantitative estimate of drug-likeness (QED) is 0.606. The lowest BCUT2D eigenvalue weighted by Crippen LogP contribution is -2.35. The van der Waals surface area contributed by atoms with Crippen LogP contribution in [0.15, 0.2) is 30.3 Å². The van der Waals surface area contributed by atoms with E-state index >= 15 is 0 Å². The fraction of sp³-hybridized carbons (Fsp3) is 0.333. The van der Waals surface area contributed by atoms with Gasteiger partial charge in [-0.05, 0) is 12.1 Å². The van der Waals surface area contributed by atoms with E-state index in [1.807, 2.05) is 30.3 Å². The monoisotopic (exact) mass is 205 g/mol. The van der Waals surface area contributed by atoms with E-state index in [4.69, 9.17) is 10.2 Å². The largest absolute Gasteiger partial charge is 0.395 e. The molecule has 3 heteroatoms. The number of hydrogen-bond acceptors (Lipinski definition) is 3. The minimum absolute atomic E-state index is 0.0798. The topological polar surface area (TPSA) is 52.5 Å². The highest BCUT2D eigenvalue weighted by atomic mass is 16.3. The fourth-order valence-corrected chi connectivity index (χ4v) is 1.05. The molecule has 0 unspecified atom stereocenters. The van der Waals surface area contributed by atoms with Gasteiger partial charge in [-0.25, -0.2) is 0 Å². The van der Waals surface area contributed by atoms with Crippen molar-refractivity contribution in [2.75, 3.05) is 19.8 Å². The van der Waals surface area contributed by atoms with Crippen molar-refractivity contribution in [3.8, 4) is 11.8 Å². The van der Waals surface area contributed by atoms with Gasteiger partial charge >= 0.3 is 0 Å². The van der Waals surface area contributed by atoms with Gasteiger partial charge in [0.2, 0.25) is 0 Å². The number of rotatable bonds is 4. The molecule has 0 amide bonds. The Morgan fingerprint density at radius 3 is 2.40 bits per heavy atom. The summed E-state index contributed by atoms with van der Waals surface area (Å²) in [5.74, 6) is 5.89. The second-order valence-corrected chi connectivity index (χ2v) is 3.11. The molecule has 0 radical (unpaired) electrons. The predicted octanol–water partition coefficient (Wildman–Crippen LogP) is -0.0191. The maximum Gasteiger partial charge on any atom is 0.0607 e. The molecular weight excluding hydrogens is 190 g/mol. The lowest BCUT2D eigenvalue weighted by atomic mass is 10.2. The van der Waals surface area contributed by atoms with Gasteiger partial charge in [-0.15, -0.1) is 0 Å². The van der Waals surface area contributed by atoms with E-state index in [9.17, 15) is 0 Å². The van der Waals surface area contributed by atoms with E-state index in [0.717, 1.165) is 5.56 Å². The molecule has 1 aromatic rings. The van der Waals surface area contributed by atoms with Gasteiger partial charge in [0.1, 0.15) is 0 Å². The van der Waals surface area contributed by atoms with Gasteiger partial charge < -0.3 is 10.2 Å². The minimum Gasteiger partial charge on any atom is -0.395 e. The highest BCUT2D eigenvalue weighted by molar-refractivity contribution is 5.33. The number of hydrogen-bond donors (Lipinski definition) is 3. The van der Waals surface area contributed by atoms with Gasteiger partial charge in [0, 0.05) is 5.56 Å². The summed E-state index contributed by atoms with van der Waals surface area (Å²) in [4.78, 5) is 0. The standard InChI is InChI=1S/C12H15NO2/c14-9-12(10-15)13-8-4-7-11-5-2-1-3-6-11/h1-3,5-6,12-15H,8-10H2. The first kappa shape index (κ1) is 11.7. The van der Waals surface area contributed by atoms with Crippen molar-refractivity contribution in [3.05, 3.63) is 35.9 Å². The van der Waals surface area contributed by atoms with Crippen LogP contribution in [-0.4, -0.2) is 36.0 Å². The summed E-state index contributed by atoms with van der Waals surface area (Å²) in [5, 5.41) is 20.5. The summed E-state index contributed by atoms with van der Waals surface area (Å²) in [7, 11) is 0. The average Bonchev–Trinajstić information content (AvgIpc) is 2.31. The van der Waals surface area contributed by atoms with Gasteiger partial charge in [0.25, 0.3) is 0 Å². The van der Waals surface area contributed by atoms with Crippen molar-refractivity contribution < 1.29 is 10.2 Å². The van der Waals surface area contributed by atoms with Crippen LogP contribution in [0.5, 0.6) is 0 Å². The zero-order valence-electron chi connectivity index (χ0n) is 8.48. The highest BCUT2D eigenvalue weighted by Gasteiger charge is 2.01. The third kappa shape index (κ3) is 4.61. The van der Waals surface area contributed by atoms with E-state index in [1.54, 1.807) is 0 Å². The number of nitrogens with one attached hydrogen (secondary N) is 1. The molecular formula is C12H15NO2. The lowest BCUT2D eigenvalue weighted by molar-refractivity contribution is 0.174. The molecule has 0 heterocycles. The Kier molecular flexibility index (Phi) is 5.49. The molecule has 0 fully saturated rings. The second-order valence-electron chi connectivity index (χ2n) is 3.11. The Morgan fingerprint density at radius 1 is 1.13 bits per heavy atom. The van der Waals surface area contributed by atoms with Crippen LogP contribution >= 0.6 is 0 Å². The molecule has 0 saturated carbocycles. The smallest absolute Gasteiger partial charge is 0.0607 e. The van der Waals surface area contributed by atoms with Crippen LogP contribution in [-0.2, 0) is 0 Å². The highest BCUT2D eigenvalue weighted by Crippen LogP contribution is 1.94. The summed E-state index contributed by atoms with van der Waals surface area (Å²) in [6.45, 7) is 0.299. The first-order valence-electron chi connectivity index (χ1n) is 4.86. The van der Waals surface area contributed by atoms with Crippen molar-refractivity contribution in [2.45, 2.75) is 6.04 Å². The maximum absolute atomic E-state index is 8.77. The van der Waals surface area contributed by atoms with Crippen LogP contribution < -0.4 is 5.32 Å². The van der Waals surface area contributed by atoms with E-state index in [-0.39, 0.29) is 19.3 Å². The zero-order chi connectivity index (χ0) is 10.9. The molecule has 0 atom stereocenters. The first-order chi connectivity index (χ1) is 7.36. The average molecular weight is 205 g/mol. The van der Waals surface area contributed by atoms with Crippen LogP contribution in [0.2, 0.25) is 0 Å². The van der Waals surface area contributed by atoms with Crippen molar-refractivity contribution in [1.29, 1.82) is 0 Å². The molecule has 1 aromatic carbocycles. The lowest BCUT2D eigenvalue weighted by Gasteiger charge is -2.09. The van der Waals surface area contributed by atoms with Crippen molar-refractivity contribution in [1.82, 2.24) is 5.32 Å². The van der Waals surface area contributed by atoms with Crippen molar-refractivity contribution in [3.63, 3.8) is 0 Å². The van der Waals surface area contributed by atoms with Gasteiger partial charge in [-0.1, -0.05) is 30.0 Å². The number of aliphatic hydroxyl groups excluding tert-OH is 2. The molecule has 0 bridgehead atoms. The van der Waals surface area contributed by atoms with Gasteiger partial charge in [-0.2, -0.15) is 0 Å². The third-order valence-corrected chi connectivity index (χ3v) is 1.93. The van der Waals surface area contributed by atoms with E-state index in [0.29, 0.717) is 6.54 Å². The van der Waals surface area contributed by atoms with Crippen LogP contribution in [0.25, 0.3) is 0 Å². The SMILES string of the molecule is OCC(CO)NCC#Cc1ccccc1. The second kappa shape index (κ2) is 7.02. The molecule has 80 valence electrons. The van der Waals surface area contributed by atoms with Crippen LogP contribution in [0.4, 0.5) is 0 Å². The first-order valence-corrected chi connectivity index (χ1v) is 4.86. The zero-order valence-corrected chi connectivity index (χ0v) is 8.48. The van der Waals surface area contributed by atoms with Crippen molar-refractivity contribution in [2.24, 2.45) is 0 Å². The van der Waals surface area contributed by atoms with Crippen molar-refractivity contribution >= 4 is 0 Å². The van der Waals surface area contributed by atoms with E-state index in [2.05, 4.69) is 17.2 Å². The van der Waals surface area contributed by atoms with Crippen LogP contribution in [0.1, 0.15) is 5.56 Å². The fourth-order valence-electron chi connectivity index (χ4n) is 1.05. The normalized spacial score (nSPS) is 9.80. The van der Waals surface area contributed by atoms with Gasteiger partial charge in [-0.3, -0.25) is 5.32 Å². The predicted molar refractivity (Wildman–Crippen MR) is 59.3 cm³/mol. The van der Waals surface area contributed by atoms with E-state index < -0.39 is 0 Å². The molecule has 3 N–H and O–H groups in total. The molecule has 0 aromatic heterocycles. The molecule has 0 aliphatic rings. The molecule has 3 nitrogen and oxygen atoms in total. The minimum atomic E-state index is -0.282. The molecule has 0 saturated heterocycles. The van der Waals surface area contributed by atoms with Gasteiger partial charge in [0.05, 0.1) is 25.8 Å². The van der Waals surface area contributed by atoms with Crippen LogP contribution in [0.3, 0.4) is 0 Å².